The van der Waals surface area contributed by atoms with Crippen LogP contribution in [0.3, 0.4) is 0 Å². The molecule has 3 nitrogen and oxygen atoms in total. The minimum absolute atomic E-state index is 0.169. The summed E-state index contributed by atoms with van der Waals surface area (Å²) >= 11 is 0. The van der Waals surface area contributed by atoms with Gasteiger partial charge in [-0.05, 0) is 31.1 Å². The number of nitrogens with one attached hydrogen (secondary N) is 2. The Morgan fingerprint density at radius 2 is 2.12 bits per heavy atom. The predicted molar refractivity (Wildman–Crippen MR) is 56.0 cm³/mol. The van der Waals surface area contributed by atoms with Crippen LogP contribution in [0.4, 0.5) is 14.5 Å². The van der Waals surface area contributed by atoms with Crippen molar-refractivity contribution in [3.05, 3.63) is 29.8 Å². The molecule has 2 N–H and O–H groups in total. The van der Waals surface area contributed by atoms with E-state index in [-0.39, 0.29) is 11.6 Å². The molecule has 1 aliphatic heterocycles. The zero-order valence-corrected chi connectivity index (χ0v) is 8.59. The molecular weight excluding hydrogens is 214 g/mol. The van der Waals surface area contributed by atoms with Gasteiger partial charge in [0.25, 0.3) is 0 Å². The van der Waals surface area contributed by atoms with Gasteiger partial charge in [0.15, 0.2) is 11.6 Å². The van der Waals surface area contributed by atoms with Crippen molar-refractivity contribution in [1.29, 1.82) is 0 Å². The Bertz CT molecular complexity index is 405. The molecule has 0 radical (unpaired) electrons. The van der Waals surface area contributed by atoms with Crippen molar-refractivity contribution in [2.24, 2.45) is 5.92 Å². The van der Waals surface area contributed by atoms with E-state index in [1.165, 1.54) is 6.07 Å². The molecule has 1 fully saturated rings. The van der Waals surface area contributed by atoms with Crippen LogP contribution in [-0.2, 0) is 4.79 Å². The topological polar surface area (TPSA) is 41.1 Å². The molecule has 0 saturated carbocycles. The summed E-state index contributed by atoms with van der Waals surface area (Å²) < 4.78 is 25.4. The highest BCUT2D eigenvalue weighted by Crippen LogP contribution is 2.15. The van der Waals surface area contributed by atoms with Crippen LogP contribution in [0.2, 0.25) is 0 Å². The van der Waals surface area contributed by atoms with Crippen molar-refractivity contribution in [2.75, 3.05) is 18.4 Å². The molecule has 0 bridgehead atoms. The Hall–Kier alpha value is -1.49. The lowest BCUT2D eigenvalue weighted by molar-refractivity contribution is -0.117. The van der Waals surface area contributed by atoms with Gasteiger partial charge in [-0.15, -0.1) is 0 Å². The van der Waals surface area contributed by atoms with Crippen LogP contribution in [0.5, 0.6) is 0 Å². The molecule has 1 heterocycles. The molecule has 1 amide bonds. The SMILES string of the molecule is O=C(CC1CNC1)Nc1ccc(F)c(F)c1. The summed E-state index contributed by atoms with van der Waals surface area (Å²) in [5.41, 5.74) is 0.288. The first-order valence-corrected chi connectivity index (χ1v) is 5.11. The maximum absolute atomic E-state index is 12.8. The Balaban J connectivity index is 1.92. The maximum atomic E-state index is 12.8. The van der Waals surface area contributed by atoms with Gasteiger partial charge in [-0.1, -0.05) is 0 Å². The number of carbonyl (C=O) groups excluding carboxylic acids is 1. The number of hydrogen-bond acceptors (Lipinski definition) is 2. The maximum Gasteiger partial charge on any atom is 0.224 e. The second-order valence-corrected chi connectivity index (χ2v) is 3.91. The second kappa shape index (κ2) is 4.57. The predicted octanol–water partition coefficient (Wildman–Crippen LogP) is 1.51. The quantitative estimate of drug-likeness (QED) is 0.820. The van der Waals surface area contributed by atoms with Gasteiger partial charge in [-0.2, -0.15) is 0 Å². The van der Waals surface area contributed by atoms with Crippen LogP contribution in [0, 0.1) is 17.6 Å². The number of anilines is 1. The summed E-state index contributed by atoms with van der Waals surface area (Å²) in [5.74, 6) is -1.69. The van der Waals surface area contributed by atoms with Crippen LogP contribution in [0.15, 0.2) is 18.2 Å². The molecule has 1 aliphatic rings. The molecular formula is C11H12F2N2O. The van der Waals surface area contributed by atoms with Crippen molar-refractivity contribution in [3.63, 3.8) is 0 Å². The summed E-state index contributed by atoms with van der Waals surface area (Å²) in [6, 6.07) is 3.32. The zero-order valence-electron chi connectivity index (χ0n) is 8.59. The fourth-order valence-corrected chi connectivity index (χ4v) is 1.54. The van der Waals surface area contributed by atoms with Gasteiger partial charge in [0.1, 0.15) is 0 Å². The molecule has 0 spiro atoms. The Kier molecular flexibility index (Phi) is 3.14. The van der Waals surface area contributed by atoms with Crippen LogP contribution in [0.25, 0.3) is 0 Å². The third-order valence-electron chi connectivity index (χ3n) is 2.54. The lowest BCUT2D eigenvalue weighted by Crippen LogP contribution is -2.43. The van der Waals surface area contributed by atoms with Crippen molar-refractivity contribution in [1.82, 2.24) is 5.32 Å². The summed E-state index contributed by atoms with van der Waals surface area (Å²) in [6.45, 7) is 1.68. The molecule has 0 atom stereocenters. The number of hydrogen-bond donors (Lipinski definition) is 2. The van der Waals surface area contributed by atoms with E-state index in [0.717, 1.165) is 25.2 Å². The molecule has 1 aromatic rings. The van der Waals surface area contributed by atoms with Crippen molar-refractivity contribution >= 4 is 11.6 Å². The molecule has 1 aromatic carbocycles. The zero-order chi connectivity index (χ0) is 11.5. The highest BCUT2D eigenvalue weighted by Gasteiger charge is 2.20. The first-order valence-electron chi connectivity index (χ1n) is 5.11. The van der Waals surface area contributed by atoms with Crippen molar-refractivity contribution in [3.8, 4) is 0 Å². The Labute approximate surface area is 91.8 Å². The molecule has 16 heavy (non-hydrogen) atoms. The van der Waals surface area contributed by atoms with E-state index in [1.54, 1.807) is 0 Å². The van der Waals surface area contributed by atoms with Crippen LogP contribution >= 0.6 is 0 Å². The first kappa shape index (κ1) is 11.0. The molecule has 0 aliphatic carbocycles. The number of amides is 1. The monoisotopic (exact) mass is 226 g/mol. The normalized spacial score (nSPS) is 15.6. The molecule has 5 heteroatoms. The van der Waals surface area contributed by atoms with E-state index < -0.39 is 11.6 Å². The second-order valence-electron chi connectivity index (χ2n) is 3.91. The number of rotatable bonds is 3. The van der Waals surface area contributed by atoms with Gasteiger partial charge in [0.05, 0.1) is 0 Å². The van der Waals surface area contributed by atoms with Gasteiger partial charge >= 0.3 is 0 Å². The van der Waals surface area contributed by atoms with Crippen LogP contribution < -0.4 is 10.6 Å². The molecule has 1 saturated heterocycles. The van der Waals surface area contributed by atoms with Crippen LogP contribution in [-0.4, -0.2) is 19.0 Å². The van der Waals surface area contributed by atoms with Crippen LogP contribution in [0.1, 0.15) is 6.42 Å². The van der Waals surface area contributed by atoms with E-state index in [9.17, 15) is 13.6 Å². The minimum Gasteiger partial charge on any atom is -0.326 e. The Morgan fingerprint density at radius 1 is 1.38 bits per heavy atom. The largest absolute Gasteiger partial charge is 0.326 e. The van der Waals surface area contributed by atoms with E-state index in [2.05, 4.69) is 10.6 Å². The van der Waals surface area contributed by atoms with Gasteiger partial charge < -0.3 is 10.6 Å². The summed E-state index contributed by atoms with van der Waals surface area (Å²) in [5, 5.41) is 5.59. The summed E-state index contributed by atoms with van der Waals surface area (Å²) in [7, 11) is 0. The molecule has 0 unspecified atom stereocenters. The Morgan fingerprint density at radius 3 is 2.69 bits per heavy atom. The summed E-state index contributed by atoms with van der Waals surface area (Å²) in [6.07, 6.45) is 0.409. The molecule has 2 rings (SSSR count). The fraction of sp³-hybridized carbons (Fsp3) is 0.364. The fourth-order valence-electron chi connectivity index (χ4n) is 1.54. The van der Waals surface area contributed by atoms with Crippen molar-refractivity contribution in [2.45, 2.75) is 6.42 Å². The lowest BCUT2D eigenvalue weighted by Gasteiger charge is -2.26. The third-order valence-corrected chi connectivity index (χ3v) is 2.54. The molecule has 86 valence electrons. The van der Waals surface area contributed by atoms with Gasteiger partial charge in [0.2, 0.25) is 5.91 Å². The van der Waals surface area contributed by atoms with E-state index in [1.807, 2.05) is 0 Å². The molecule has 0 aromatic heterocycles. The average Bonchev–Trinajstić information content (AvgIpc) is 2.18. The van der Waals surface area contributed by atoms with E-state index in [4.69, 9.17) is 0 Å². The average molecular weight is 226 g/mol. The number of carbonyl (C=O) groups is 1. The minimum atomic E-state index is -0.955. The third kappa shape index (κ3) is 2.55. The standard InChI is InChI=1S/C11H12F2N2O/c12-9-2-1-8(4-10(9)13)15-11(16)3-7-5-14-6-7/h1-2,4,7,14H,3,5-6H2,(H,15,16). The lowest BCUT2D eigenvalue weighted by atomic mass is 9.99. The van der Waals surface area contributed by atoms with E-state index >= 15 is 0 Å². The first-order chi connectivity index (χ1) is 7.65. The van der Waals surface area contributed by atoms with Crippen molar-refractivity contribution < 1.29 is 13.6 Å². The van der Waals surface area contributed by atoms with Gasteiger partial charge in [0, 0.05) is 18.2 Å². The smallest absolute Gasteiger partial charge is 0.224 e. The van der Waals surface area contributed by atoms with Gasteiger partial charge in [-0.3, -0.25) is 4.79 Å². The number of benzene rings is 1. The number of halogens is 2. The van der Waals surface area contributed by atoms with E-state index in [0.29, 0.717) is 12.3 Å². The highest BCUT2D eigenvalue weighted by molar-refractivity contribution is 5.90. The highest BCUT2D eigenvalue weighted by atomic mass is 19.2. The van der Waals surface area contributed by atoms with Gasteiger partial charge in [-0.25, -0.2) is 8.78 Å². The summed E-state index contributed by atoms with van der Waals surface area (Å²) in [4.78, 5) is 11.5.